The number of ether oxygens (including phenoxy) is 1. The highest BCUT2D eigenvalue weighted by Gasteiger charge is 2.48. The topological polar surface area (TPSA) is 43.4 Å². The van der Waals surface area contributed by atoms with Crippen LogP contribution in [0.3, 0.4) is 0 Å². The van der Waals surface area contributed by atoms with E-state index in [4.69, 9.17) is 0 Å². The van der Waals surface area contributed by atoms with Crippen LogP contribution in [0.15, 0.2) is 0 Å². The molecule has 0 spiro atoms. The number of unbranched alkanes of at least 4 members (excludes halogenated alkanes) is 3. The van der Waals surface area contributed by atoms with E-state index in [2.05, 4.69) is 18.6 Å². The van der Waals surface area contributed by atoms with Crippen molar-refractivity contribution in [1.82, 2.24) is 0 Å². The van der Waals surface area contributed by atoms with E-state index in [1.807, 2.05) is 6.92 Å². The summed E-state index contributed by atoms with van der Waals surface area (Å²) < 4.78 is 4.67. The Morgan fingerprint density at radius 3 is 2.21 bits per heavy atom. The molecule has 3 heteroatoms. The first-order chi connectivity index (χ1) is 8.94. The number of hydrogen-bond donors (Lipinski definition) is 0. The molecule has 0 radical (unpaired) electrons. The molecule has 19 heavy (non-hydrogen) atoms. The fraction of sp³-hybridized carbons (Fsp3) is 0.875. The molecule has 112 valence electrons. The highest BCUT2D eigenvalue weighted by atomic mass is 16.5. The first kappa shape index (κ1) is 18.1. The Hall–Kier alpha value is -0.860. The molecule has 0 aromatic rings. The van der Waals surface area contributed by atoms with Crippen LogP contribution in [0.4, 0.5) is 0 Å². The molecule has 0 aromatic heterocycles. The van der Waals surface area contributed by atoms with Crippen molar-refractivity contribution in [2.24, 2.45) is 11.3 Å². The van der Waals surface area contributed by atoms with Crippen molar-refractivity contribution in [2.45, 2.75) is 72.6 Å². The van der Waals surface area contributed by atoms with Crippen molar-refractivity contribution in [2.75, 3.05) is 7.11 Å². The van der Waals surface area contributed by atoms with Gasteiger partial charge in [0.15, 0.2) is 0 Å². The standard InChI is InChI=1S/C10H16O3.C6H14/c1-7-5-4-6-8(11)10(7,2)9(12)13-3;1-3-5-6-4-2/h7H,4-6H2,1-3H3;3-6H2,1-2H3. The van der Waals surface area contributed by atoms with Gasteiger partial charge in [0.1, 0.15) is 11.2 Å². The Bertz CT molecular complexity index is 272. The third-order valence-corrected chi connectivity index (χ3v) is 4.17. The lowest BCUT2D eigenvalue weighted by atomic mass is 9.67. The highest BCUT2D eigenvalue weighted by Crippen LogP contribution is 2.38. The van der Waals surface area contributed by atoms with Crippen molar-refractivity contribution in [3.8, 4) is 0 Å². The van der Waals surface area contributed by atoms with Gasteiger partial charge in [-0.05, 0) is 25.7 Å². The minimum Gasteiger partial charge on any atom is -0.468 e. The van der Waals surface area contributed by atoms with E-state index in [9.17, 15) is 9.59 Å². The molecule has 0 saturated heterocycles. The normalized spacial score (nSPS) is 26.4. The molecule has 3 nitrogen and oxygen atoms in total. The predicted octanol–water partition coefficient (Wildman–Crippen LogP) is 4.14. The first-order valence-corrected chi connectivity index (χ1v) is 7.56. The summed E-state index contributed by atoms with van der Waals surface area (Å²) in [5.41, 5.74) is -0.896. The van der Waals surface area contributed by atoms with Crippen LogP contribution in [0, 0.1) is 11.3 Å². The molecule has 0 aliphatic heterocycles. The first-order valence-electron chi connectivity index (χ1n) is 7.56. The fourth-order valence-corrected chi connectivity index (χ4v) is 2.42. The van der Waals surface area contributed by atoms with E-state index in [-0.39, 0.29) is 17.7 Å². The summed E-state index contributed by atoms with van der Waals surface area (Å²) in [4.78, 5) is 23.1. The Morgan fingerprint density at radius 1 is 1.32 bits per heavy atom. The van der Waals surface area contributed by atoms with Gasteiger partial charge >= 0.3 is 5.97 Å². The molecule has 0 aromatic carbocycles. The van der Waals surface area contributed by atoms with Crippen LogP contribution >= 0.6 is 0 Å². The zero-order valence-corrected chi connectivity index (χ0v) is 13.3. The molecule has 0 heterocycles. The number of esters is 1. The molecule has 2 unspecified atom stereocenters. The molecular formula is C16H30O3. The van der Waals surface area contributed by atoms with Gasteiger partial charge in [-0.2, -0.15) is 0 Å². The monoisotopic (exact) mass is 270 g/mol. The number of ketones is 1. The summed E-state index contributed by atoms with van der Waals surface area (Å²) in [5, 5.41) is 0. The fourth-order valence-electron chi connectivity index (χ4n) is 2.42. The van der Waals surface area contributed by atoms with Gasteiger partial charge in [0.05, 0.1) is 7.11 Å². The summed E-state index contributed by atoms with van der Waals surface area (Å²) in [6.07, 6.45) is 7.87. The van der Waals surface area contributed by atoms with Crippen LogP contribution in [-0.2, 0) is 14.3 Å². The molecule has 1 aliphatic carbocycles. The van der Waals surface area contributed by atoms with E-state index >= 15 is 0 Å². The Labute approximate surface area is 118 Å². The summed E-state index contributed by atoms with van der Waals surface area (Å²) in [5.74, 6) is -0.260. The smallest absolute Gasteiger partial charge is 0.319 e. The van der Waals surface area contributed by atoms with E-state index in [1.54, 1.807) is 6.92 Å². The van der Waals surface area contributed by atoms with Crippen molar-refractivity contribution in [3.63, 3.8) is 0 Å². The molecule has 0 amide bonds. The summed E-state index contributed by atoms with van der Waals surface area (Å²) in [6.45, 7) is 8.10. The summed E-state index contributed by atoms with van der Waals surface area (Å²) >= 11 is 0. The van der Waals surface area contributed by atoms with Gasteiger partial charge < -0.3 is 4.74 Å². The van der Waals surface area contributed by atoms with Gasteiger partial charge in [0.2, 0.25) is 0 Å². The second-order valence-corrected chi connectivity index (χ2v) is 5.62. The Morgan fingerprint density at radius 2 is 1.84 bits per heavy atom. The molecule has 0 N–H and O–H groups in total. The van der Waals surface area contributed by atoms with Gasteiger partial charge in [0.25, 0.3) is 0 Å². The third kappa shape index (κ3) is 4.96. The maximum absolute atomic E-state index is 11.6. The Kier molecular flexibility index (Phi) is 8.70. The SMILES string of the molecule is CCCCCC.COC(=O)C1(C)C(=O)CCCC1C. The van der Waals surface area contributed by atoms with E-state index < -0.39 is 5.41 Å². The van der Waals surface area contributed by atoms with Crippen molar-refractivity contribution in [3.05, 3.63) is 0 Å². The number of carbonyl (C=O) groups is 2. The quantitative estimate of drug-likeness (QED) is 0.438. The van der Waals surface area contributed by atoms with Gasteiger partial charge in [-0.25, -0.2) is 0 Å². The third-order valence-electron chi connectivity index (χ3n) is 4.17. The second kappa shape index (κ2) is 9.11. The summed E-state index contributed by atoms with van der Waals surface area (Å²) in [7, 11) is 1.34. The van der Waals surface area contributed by atoms with Crippen LogP contribution in [-0.4, -0.2) is 18.9 Å². The molecule has 2 atom stereocenters. The number of carbonyl (C=O) groups excluding carboxylic acids is 2. The number of methoxy groups -OCH3 is 1. The minimum absolute atomic E-state index is 0.0260. The van der Waals surface area contributed by atoms with Gasteiger partial charge in [-0.15, -0.1) is 0 Å². The zero-order chi connectivity index (χ0) is 14.9. The van der Waals surface area contributed by atoms with Gasteiger partial charge in [-0.1, -0.05) is 46.5 Å². The van der Waals surface area contributed by atoms with Gasteiger partial charge in [0, 0.05) is 6.42 Å². The second-order valence-electron chi connectivity index (χ2n) is 5.62. The average molecular weight is 270 g/mol. The van der Waals surface area contributed by atoms with Crippen LogP contribution < -0.4 is 0 Å². The molecule has 0 bridgehead atoms. The molecule has 1 rings (SSSR count). The lowest BCUT2D eigenvalue weighted by molar-refractivity contribution is -0.162. The molecule has 1 saturated carbocycles. The van der Waals surface area contributed by atoms with E-state index in [1.165, 1.54) is 32.8 Å². The van der Waals surface area contributed by atoms with E-state index in [0.717, 1.165) is 12.8 Å². The van der Waals surface area contributed by atoms with Crippen LogP contribution in [0.1, 0.15) is 72.6 Å². The van der Waals surface area contributed by atoms with Crippen molar-refractivity contribution >= 4 is 11.8 Å². The van der Waals surface area contributed by atoms with E-state index in [0.29, 0.717) is 6.42 Å². The zero-order valence-electron chi connectivity index (χ0n) is 13.3. The average Bonchev–Trinajstić information content (AvgIpc) is 2.42. The molecule has 1 fully saturated rings. The molecule has 1 aliphatic rings. The van der Waals surface area contributed by atoms with Crippen molar-refractivity contribution < 1.29 is 14.3 Å². The highest BCUT2D eigenvalue weighted by molar-refractivity contribution is 6.04. The Balaban J connectivity index is 0.000000459. The maximum Gasteiger partial charge on any atom is 0.319 e. The summed E-state index contributed by atoms with van der Waals surface area (Å²) in [6, 6.07) is 0. The van der Waals surface area contributed by atoms with Crippen LogP contribution in [0.25, 0.3) is 0 Å². The van der Waals surface area contributed by atoms with Crippen molar-refractivity contribution in [1.29, 1.82) is 0 Å². The molecular weight excluding hydrogens is 240 g/mol. The van der Waals surface area contributed by atoms with Gasteiger partial charge in [-0.3, -0.25) is 9.59 Å². The number of rotatable bonds is 4. The van der Waals surface area contributed by atoms with Crippen LogP contribution in [0.5, 0.6) is 0 Å². The predicted molar refractivity (Wildman–Crippen MR) is 78.0 cm³/mol. The largest absolute Gasteiger partial charge is 0.468 e. The lowest BCUT2D eigenvalue weighted by Crippen LogP contribution is -2.45. The lowest BCUT2D eigenvalue weighted by Gasteiger charge is -2.35. The minimum atomic E-state index is -0.896. The van der Waals surface area contributed by atoms with Crippen LogP contribution in [0.2, 0.25) is 0 Å². The number of hydrogen-bond acceptors (Lipinski definition) is 3. The number of Topliss-reactive ketones (excluding diaryl/α,β-unsaturated/α-hetero) is 1. The maximum atomic E-state index is 11.6.